The lowest BCUT2D eigenvalue weighted by molar-refractivity contribution is -0.151. The summed E-state index contributed by atoms with van der Waals surface area (Å²) in [6.07, 6.45) is 5.35. The third-order valence-corrected chi connectivity index (χ3v) is 7.24. The van der Waals surface area contributed by atoms with Crippen molar-refractivity contribution < 1.29 is 28.6 Å². The fraction of sp³-hybridized carbons (Fsp3) is 0.519. The molecule has 1 aliphatic heterocycles. The number of nitrogens with one attached hydrogen (secondary N) is 1. The second-order valence-corrected chi connectivity index (χ2v) is 9.47. The fourth-order valence-corrected chi connectivity index (χ4v) is 5.48. The van der Waals surface area contributed by atoms with E-state index < -0.39 is 23.8 Å². The Morgan fingerprint density at radius 3 is 2.32 bits per heavy atom. The number of rotatable bonds is 5. The molecule has 3 atom stereocenters. The summed E-state index contributed by atoms with van der Waals surface area (Å²) in [6.45, 7) is 3.72. The van der Waals surface area contributed by atoms with E-state index in [1.807, 2.05) is 38.1 Å². The van der Waals surface area contributed by atoms with Gasteiger partial charge in [0.2, 0.25) is 0 Å². The monoisotopic (exact) mass is 467 g/mol. The number of hydrogen-bond acceptors (Lipinski definition) is 7. The first kappa shape index (κ1) is 24.0. The number of allylic oxidation sites excluding steroid dienone is 3. The molecular formula is C27H33NO6. The van der Waals surface area contributed by atoms with Gasteiger partial charge in [0.25, 0.3) is 0 Å². The zero-order chi connectivity index (χ0) is 24.4. The first-order valence-electron chi connectivity index (χ1n) is 12.0. The number of methoxy groups -OCH3 is 2. The van der Waals surface area contributed by atoms with Crippen molar-refractivity contribution in [3.63, 3.8) is 0 Å². The molecule has 0 radical (unpaired) electrons. The molecule has 1 fully saturated rings. The molecular weight excluding hydrogens is 434 g/mol. The van der Waals surface area contributed by atoms with Crippen LogP contribution in [0.15, 0.2) is 46.8 Å². The highest BCUT2D eigenvalue weighted by Gasteiger charge is 2.47. The van der Waals surface area contributed by atoms with E-state index in [-0.39, 0.29) is 17.8 Å². The second-order valence-electron chi connectivity index (χ2n) is 9.47. The average Bonchev–Trinajstić information content (AvgIpc) is 2.83. The van der Waals surface area contributed by atoms with Crippen LogP contribution in [0.1, 0.15) is 63.9 Å². The molecule has 34 heavy (non-hydrogen) atoms. The molecule has 7 heteroatoms. The van der Waals surface area contributed by atoms with Gasteiger partial charge in [0, 0.05) is 22.9 Å². The Morgan fingerprint density at radius 1 is 1.03 bits per heavy atom. The minimum Gasteiger partial charge on any atom is -0.497 e. The molecule has 0 bridgehead atoms. The Labute approximate surface area is 200 Å². The summed E-state index contributed by atoms with van der Waals surface area (Å²) in [5.74, 6) is -2.34. The van der Waals surface area contributed by atoms with Crippen LogP contribution in [-0.4, -0.2) is 38.0 Å². The smallest absolute Gasteiger partial charge is 0.337 e. The Balaban J connectivity index is 1.77. The standard InChI is InChI=1S/C27H33NO6/c1-15-14-20-24(25(29)21(15)26(30)33-4)23(17-10-12-18(32-3)13-11-17)22(16(2)28-20)27(31)34-19-8-6-5-7-9-19/h10-13,15,19,21,23,28H,5-9,14H2,1-4H3/t15-,21+,23+/m0/s1. The number of ether oxygens (including phenoxy) is 3. The molecule has 182 valence electrons. The maximum atomic E-state index is 13.7. The summed E-state index contributed by atoms with van der Waals surface area (Å²) >= 11 is 0. The van der Waals surface area contributed by atoms with E-state index in [9.17, 15) is 14.4 Å². The van der Waals surface area contributed by atoms with Gasteiger partial charge in [0.1, 0.15) is 17.8 Å². The van der Waals surface area contributed by atoms with Gasteiger partial charge in [0.15, 0.2) is 5.78 Å². The van der Waals surface area contributed by atoms with Crippen LogP contribution < -0.4 is 10.1 Å². The zero-order valence-corrected chi connectivity index (χ0v) is 20.3. The van der Waals surface area contributed by atoms with E-state index in [1.165, 1.54) is 7.11 Å². The van der Waals surface area contributed by atoms with Gasteiger partial charge in [-0.3, -0.25) is 9.59 Å². The maximum Gasteiger partial charge on any atom is 0.337 e. The topological polar surface area (TPSA) is 90.9 Å². The zero-order valence-electron chi connectivity index (χ0n) is 20.3. The van der Waals surface area contributed by atoms with Crippen molar-refractivity contribution in [1.29, 1.82) is 0 Å². The van der Waals surface area contributed by atoms with Crippen molar-refractivity contribution in [3.8, 4) is 5.75 Å². The Kier molecular flexibility index (Phi) is 7.10. The Bertz CT molecular complexity index is 1030. The fourth-order valence-electron chi connectivity index (χ4n) is 5.48. The molecule has 3 aliphatic rings. The van der Waals surface area contributed by atoms with Gasteiger partial charge in [-0.1, -0.05) is 25.5 Å². The number of esters is 2. The number of hydrogen-bond donors (Lipinski definition) is 1. The van der Waals surface area contributed by atoms with Gasteiger partial charge < -0.3 is 19.5 Å². The number of ketones is 1. The lowest BCUT2D eigenvalue weighted by Gasteiger charge is -2.38. The van der Waals surface area contributed by atoms with Crippen LogP contribution in [0.4, 0.5) is 0 Å². The third-order valence-electron chi connectivity index (χ3n) is 7.24. The van der Waals surface area contributed by atoms with E-state index in [0.29, 0.717) is 29.0 Å². The number of carbonyl (C=O) groups excluding carboxylic acids is 3. The SMILES string of the molecule is COC(=O)[C@H]1C(=O)C2=C(C[C@@H]1C)NC(C)=C(C(=O)OC1CCCCC1)[C@H]2c1ccc(OC)cc1. The third kappa shape index (κ3) is 4.48. The molecule has 2 aliphatic carbocycles. The second kappa shape index (κ2) is 10.0. The van der Waals surface area contributed by atoms with Gasteiger partial charge >= 0.3 is 11.9 Å². The molecule has 4 rings (SSSR count). The molecule has 1 aromatic rings. The molecule has 0 unspecified atom stereocenters. The van der Waals surface area contributed by atoms with Crippen LogP contribution in [0.25, 0.3) is 0 Å². The van der Waals surface area contributed by atoms with Gasteiger partial charge in [-0.05, 0) is 62.6 Å². The molecule has 0 amide bonds. The van der Waals surface area contributed by atoms with Gasteiger partial charge in [0.05, 0.1) is 19.8 Å². The van der Waals surface area contributed by atoms with Crippen molar-refractivity contribution in [2.75, 3.05) is 14.2 Å². The number of carbonyl (C=O) groups is 3. The summed E-state index contributed by atoms with van der Waals surface area (Å²) in [6, 6.07) is 7.34. The summed E-state index contributed by atoms with van der Waals surface area (Å²) < 4.78 is 16.2. The van der Waals surface area contributed by atoms with Crippen LogP contribution >= 0.6 is 0 Å². The van der Waals surface area contributed by atoms with E-state index >= 15 is 0 Å². The lowest BCUT2D eigenvalue weighted by Crippen LogP contribution is -2.43. The molecule has 0 saturated heterocycles. The Morgan fingerprint density at radius 2 is 1.71 bits per heavy atom. The number of benzene rings is 1. The molecule has 1 aromatic carbocycles. The summed E-state index contributed by atoms with van der Waals surface area (Å²) in [4.78, 5) is 39.8. The number of dihydropyridines is 1. The molecule has 7 nitrogen and oxygen atoms in total. The maximum absolute atomic E-state index is 13.7. The van der Waals surface area contributed by atoms with Crippen molar-refractivity contribution in [2.24, 2.45) is 11.8 Å². The minimum absolute atomic E-state index is 0.113. The van der Waals surface area contributed by atoms with Crippen LogP contribution in [-0.2, 0) is 23.9 Å². The normalized spacial score (nSPS) is 25.4. The van der Waals surface area contributed by atoms with E-state index in [0.717, 1.165) is 43.4 Å². The summed E-state index contributed by atoms with van der Waals surface area (Å²) in [5, 5.41) is 3.31. The number of Topliss-reactive ketones (excluding diaryl/α,β-unsaturated/α-hetero) is 1. The first-order chi connectivity index (χ1) is 16.3. The predicted molar refractivity (Wildman–Crippen MR) is 126 cm³/mol. The van der Waals surface area contributed by atoms with Crippen molar-refractivity contribution in [2.45, 2.75) is 64.4 Å². The van der Waals surface area contributed by atoms with Crippen molar-refractivity contribution in [1.82, 2.24) is 5.32 Å². The van der Waals surface area contributed by atoms with Crippen molar-refractivity contribution in [3.05, 3.63) is 52.4 Å². The van der Waals surface area contributed by atoms with E-state index in [4.69, 9.17) is 14.2 Å². The van der Waals surface area contributed by atoms with Gasteiger partial charge in [-0.25, -0.2) is 4.79 Å². The molecule has 1 N–H and O–H groups in total. The molecule has 0 aromatic heterocycles. The highest BCUT2D eigenvalue weighted by atomic mass is 16.5. The molecule has 1 saturated carbocycles. The minimum atomic E-state index is -0.902. The highest BCUT2D eigenvalue weighted by Crippen LogP contribution is 2.46. The molecule has 0 spiro atoms. The lowest BCUT2D eigenvalue weighted by atomic mass is 9.69. The van der Waals surface area contributed by atoms with Crippen molar-refractivity contribution >= 4 is 17.7 Å². The Hall–Kier alpha value is -3.09. The average molecular weight is 468 g/mol. The van der Waals surface area contributed by atoms with Crippen LogP contribution in [0.3, 0.4) is 0 Å². The quantitative estimate of drug-likeness (QED) is 0.513. The largest absolute Gasteiger partial charge is 0.497 e. The van der Waals surface area contributed by atoms with Crippen LogP contribution in [0.2, 0.25) is 0 Å². The molecule has 1 heterocycles. The van der Waals surface area contributed by atoms with Gasteiger partial charge in [-0.2, -0.15) is 0 Å². The van der Waals surface area contributed by atoms with Gasteiger partial charge in [-0.15, -0.1) is 0 Å². The predicted octanol–water partition coefficient (Wildman–Crippen LogP) is 4.18. The first-order valence-corrected chi connectivity index (χ1v) is 12.0. The van der Waals surface area contributed by atoms with Crippen LogP contribution in [0, 0.1) is 11.8 Å². The van der Waals surface area contributed by atoms with E-state index in [2.05, 4.69) is 5.32 Å². The summed E-state index contributed by atoms with van der Waals surface area (Å²) in [7, 11) is 2.88. The summed E-state index contributed by atoms with van der Waals surface area (Å²) in [5.41, 5.74) is 3.07. The highest BCUT2D eigenvalue weighted by molar-refractivity contribution is 6.12. The van der Waals surface area contributed by atoms with Crippen LogP contribution in [0.5, 0.6) is 5.75 Å². The van der Waals surface area contributed by atoms with E-state index in [1.54, 1.807) is 7.11 Å².